The summed E-state index contributed by atoms with van der Waals surface area (Å²) in [6.07, 6.45) is -0.319. The molecule has 2 N–H and O–H groups in total. The molecule has 0 bridgehead atoms. The van der Waals surface area contributed by atoms with Crippen LogP contribution in [0.15, 0.2) is 42.5 Å². The molecule has 27 heavy (non-hydrogen) atoms. The lowest BCUT2D eigenvalue weighted by Crippen LogP contribution is -2.61. The lowest BCUT2D eigenvalue weighted by molar-refractivity contribution is 0.0695. The van der Waals surface area contributed by atoms with E-state index in [-0.39, 0.29) is 29.0 Å². The van der Waals surface area contributed by atoms with Crippen LogP contribution in [0.4, 0.5) is 11.4 Å². The lowest BCUT2D eigenvalue weighted by atomic mass is 9.63. The number of rotatable bonds is 2. The molecule has 1 amide bonds. The molecular weight excluding hydrogens is 340 g/mol. The summed E-state index contributed by atoms with van der Waals surface area (Å²) >= 11 is 0. The first-order valence-electron chi connectivity index (χ1n) is 9.30. The molecule has 2 aromatic rings. The third kappa shape index (κ3) is 2.37. The second kappa shape index (κ2) is 5.84. The normalized spacial score (nSPS) is 22.6. The van der Waals surface area contributed by atoms with Crippen LogP contribution in [0.5, 0.6) is 0 Å². The van der Waals surface area contributed by atoms with Gasteiger partial charge in [0.1, 0.15) is 6.17 Å². The number of carbonyl (C=O) groups is 2. The third-order valence-corrected chi connectivity index (χ3v) is 5.97. The molecular formula is C22H24N2O3. The fraction of sp³-hybridized carbons (Fsp3) is 0.364. The number of aromatic carboxylic acids is 1. The average molecular weight is 364 g/mol. The minimum Gasteiger partial charge on any atom is -0.478 e. The highest BCUT2D eigenvalue weighted by molar-refractivity contribution is 6.15. The molecule has 2 heterocycles. The van der Waals surface area contributed by atoms with Gasteiger partial charge < -0.3 is 10.4 Å². The van der Waals surface area contributed by atoms with Crippen LogP contribution in [0.2, 0.25) is 0 Å². The van der Waals surface area contributed by atoms with E-state index in [2.05, 4.69) is 33.0 Å². The van der Waals surface area contributed by atoms with Crippen molar-refractivity contribution >= 4 is 23.3 Å². The summed E-state index contributed by atoms with van der Waals surface area (Å²) in [4.78, 5) is 27.1. The zero-order chi connectivity index (χ0) is 19.5. The highest BCUT2D eigenvalue weighted by Gasteiger charge is 2.53. The predicted octanol–water partition coefficient (Wildman–Crippen LogP) is 4.56. The number of carboxylic acids is 1. The molecule has 5 nitrogen and oxygen atoms in total. The quantitative estimate of drug-likeness (QED) is 0.819. The zero-order valence-electron chi connectivity index (χ0n) is 16.0. The molecule has 0 saturated carbocycles. The molecule has 2 aliphatic heterocycles. The fourth-order valence-corrected chi connectivity index (χ4v) is 5.05. The summed E-state index contributed by atoms with van der Waals surface area (Å²) in [5.74, 6) is -0.767. The van der Waals surface area contributed by atoms with Crippen LogP contribution in [-0.2, 0) is 0 Å². The first-order chi connectivity index (χ1) is 12.7. The number of para-hydroxylation sites is 2. The first kappa shape index (κ1) is 17.6. The topological polar surface area (TPSA) is 69.6 Å². The molecule has 4 rings (SSSR count). The van der Waals surface area contributed by atoms with Crippen molar-refractivity contribution in [3.63, 3.8) is 0 Å². The Balaban J connectivity index is 2.04. The number of nitrogens with one attached hydrogen (secondary N) is 1. The van der Waals surface area contributed by atoms with Crippen molar-refractivity contribution in [2.45, 2.75) is 39.8 Å². The van der Waals surface area contributed by atoms with Crippen molar-refractivity contribution in [3.8, 4) is 0 Å². The van der Waals surface area contributed by atoms with Crippen LogP contribution in [-0.4, -0.2) is 23.1 Å². The molecule has 0 fully saturated rings. The number of nitrogens with zero attached hydrogens (tertiary/aromatic N) is 1. The number of benzene rings is 2. The van der Waals surface area contributed by atoms with Gasteiger partial charge in [0.05, 0.1) is 16.8 Å². The van der Waals surface area contributed by atoms with Gasteiger partial charge in [-0.25, -0.2) is 4.79 Å². The summed E-state index contributed by atoms with van der Waals surface area (Å²) in [7, 11) is 0. The molecule has 0 saturated heterocycles. The number of anilines is 2. The Morgan fingerprint density at radius 2 is 1.85 bits per heavy atom. The van der Waals surface area contributed by atoms with Crippen LogP contribution in [0.25, 0.3) is 0 Å². The second-order valence-corrected chi connectivity index (χ2v) is 8.36. The Hall–Kier alpha value is -2.82. The zero-order valence-corrected chi connectivity index (χ0v) is 16.0. The van der Waals surface area contributed by atoms with E-state index in [0.29, 0.717) is 17.2 Å². The Morgan fingerprint density at radius 3 is 2.52 bits per heavy atom. The lowest BCUT2D eigenvalue weighted by Gasteiger charge is -2.55. The van der Waals surface area contributed by atoms with E-state index in [1.807, 2.05) is 24.3 Å². The van der Waals surface area contributed by atoms with Gasteiger partial charge >= 0.3 is 5.97 Å². The SMILES string of the molecule is CC(C)C1c2cccc(C(=O)O)c2N2C(=O)c3ccccc3NC2C1(C)C. The summed E-state index contributed by atoms with van der Waals surface area (Å²) in [5, 5.41) is 13.3. The maximum atomic E-state index is 13.4. The standard InChI is InChI=1S/C22H24N2O3/c1-12(2)17-14-9-7-10-15(20(26)27)18(14)24-19(25)13-8-5-6-11-16(13)23-21(24)22(17,3)4/h5-12,17,21,23H,1-4H3,(H,26,27). The molecule has 0 aromatic heterocycles. The Morgan fingerprint density at radius 1 is 1.15 bits per heavy atom. The molecule has 140 valence electrons. The monoisotopic (exact) mass is 364 g/mol. The summed E-state index contributed by atoms with van der Waals surface area (Å²) in [6.45, 7) is 8.61. The van der Waals surface area contributed by atoms with E-state index < -0.39 is 5.97 Å². The van der Waals surface area contributed by atoms with Gasteiger partial charge in [-0.05, 0) is 35.6 Å². The van der Waals surface area contributed by atoms with Gasteiger partial charge in [-0.1, -0.05) is 52.0 Å². The van der Waals surface area contributed by atoms with E-state index >= 15 is 0 Å². The molecule has 2 unspecified atom stereocenters. The van der Waals surface area contributed by atoms with Crippen LogP contribution >= 0.6 is 0 Å². The third-order valence-electron chi connectivity index (χ3n) is 5.97. The average Bonchev–Trinajstić information content (AvgIpc) is 2.61. The highest BCUT2D eigenvalue weighted by Crippen LogP contribution is 2.55. The number of hydrogen-bond acceptors (Lipinski definition) is 3. The molecule has 0 spiro atoms. The van der Waals surface area contributed by atoms with E-state index in [1.54, 1.807) is 23.1 Å². The molecule has 5 heteroatoms. The maximum Gasteiger partial charge on any atom is 0.337 e. The number of amides is 1. The summed E-state index contributed by atoms with van der Waals surface area (Å²) in [6, 6.07) is 12.8. The minimum atomic E-state index is -1.01. The number of carbonyl (C=O) groups excluding carboxylic acids is 1. The predicted molar refractivity (Wildman–Crippen MR) is 105 cm³/mol. The molecule has 2 aromatic carbocycles. The van der Waals surface area contributed by atoms with Gasteiger partial charge in [0.25, 0.3) is 5.91 Å². The van der Waals surface area contributed by atoms with E-state index in [4.69, 9.17) is 0 Å². The highest BCUT2D eigenvalue weighted by atomic mass is 16.4. The van der Waals surface area contributed by atoms with Crippen LogP contribution in [0.1, 0.15) is 59.9 Å². The number of carboxylic acid groups (broad SMARTS) is 1. The minimum absolute atomic E-state index is 0.110. The molecule has 0 aliphatic carbocycles. The Kier molecular flexibility index (Phi) is 3.81. The van der Waals surface area contributed by atoms with Gasteiger partial charge in [-0.15, -0.1) is 0 Å². The van der Waals surface area contributed by atoms with Gasteiger partial charge in [0.15, 0.2) is 0 Å². The van der Waals surface area contributed by atoms with Gasteiger partial charge in [-0.2, -0.15) is 0 Å². The largest absolute Gasteiger partial charge is 0.478 e. The Bertz CT molecular complexity index is 948. The van der Waals surface area contributed by atoms with E-state index in [0.717, 1.165) is 11.3 Å². The van der Waals surface area contributed by atoms with Crippen molar-refractivity contribution in [3.05, 3.63) is 59.2 Å². The molecule has 2 aliphatic rings. The van der Waals surface area contributed by atoms with Crippen molar-refractivity contribution in [2.24, 2.45) is 11.3 Å². The van der Waals surface area contributed by atoms with Gasteiger partial charge in [0.2, 0.25) is 0 Å². The van der Waals surface area contributed by atoms with Gasteiger partial charge in [-0.3, -0.25) is 9.69 Å². The van der Waals surface area contributed by atoms with Gasteiger partial charge in [0, 0.05) is 11.1 Å². The molecule has 2 atom stereocenters. The Labute approximate surface area is 159 Å². The second-order valence-electron chi connectivity index (χ2n) is 8.36. The molecule has 0 radical (unpaired) electrons. The fourth-order valence-electron chi connectivity index (χ4n) is 5.05. The van der Waals surface area contributed by atoms with Crippen molar-refractivity contribution in [1.29, 1.82) is 0 Å². The van der Waals surface area contributed by atoms with Crippen molar-refractivity contribution in [2.75, 3.05) is 10.2 Å². The van der Waals surface area contributed by atoms with Crippen molar-refractivity contribution < 1.29 is 14.7 Å². The van der Waals surface area contributed by atoms with Crippen LogP contribution < -0.4 is 10.2 Å². The number of hydrogen-bond donors (Lipinski definition) is 2. The first-order valence-corrected chi connectivity index (χ1v) is 9.30. The van der Waals surface area contributed by atoms with Crippen molar-refractivity contribution in [1.82, 2.24) is 0 Å². The van der Waals surface area contributed by atoms with E-state index in [1.165, 1.54) is 0 Å². The summed E-state index contributed by atoms with van der Waals surface area (Å²) < 4.78 is 0. The smallest absolute Gasteiger partial charge is 0.337 e. The van der Waals surface area contributed by atoms with Crippen LogP contribution in [0, 0.1) is 11.3 Å². The van der Waals surface area contributed by atoms with E-state index in [9.17, 15) is 14.7 Å². The summed E-state index contributed by atoms with van der Waals surface area (Å²) in [5.41, 5.74) is 2.71. The van der Waals surface area contributed by atoms with Crippen LogP contribution in [0.3, 0.4) is 0 Å². The number of fused-ring (bicyclic) bond motifs is 4. The maximum absolute atomic E-state index is 13.4.